The van der Waals surface area contributed by atoms with E-state index < -0.39 is 0 Å². The van der Waals surface area contributed by atoms with Crippen LogP contribution in [0.4, 0.5) is 0 Å². The summed E-state index contributed by atoms with van der Waals surface area (Å²) in [6.45, 7) is 0.983. The molecular formula is C36H30O4. The number of hydrogen-bond acceptors (Lipinski definition) is 4. The van der Waals surface area contributed by atoms with Crippen molar-refractivity contribution in [2.45, 2.75) is 13.2 Å². The van der Waals surface area contributed by atoms with Crippen molar-refractivity contribution in [1.29, 1.82) is 0 Å². The van der Waals surface area contributed by atoms with Gasteiger partial charge in [-0.2, -0.15) is 0 Å². The molecule has 0 aromatic heterocycles. The van der Waals surface area contributed by atoms with Gasteiger partial charge < -0.3 is 18.9 Å². The van der Waals surface area contributed by atoms with Gasteiger partial charge in [0.05, 0.1) is 14.2 Å². The SMILES string of the molecule is COc1ccc2ccc(OCc3ccccc3)cc2c1-c1c(OC)ccc2ccc(OCc3ccccc3)cc12. The summed E-state index contributed by atoms with van der Waals surface area (Å²) in [5.74, 6) is 3.09. The minimum Gasteiger partial charge on any atom is -0.496 e. The van der Waals surface area contributed by atoms with Crippen molar-refractivity contribution >= 4 is 21.5 Å². The van der Waals surface area contributed by atoms with Crippen LogP contribution in [0.2, 0.25) is 0 Å². The zero-order valence-electron chi connectivity index (χ0n) is 22.6. The molecule has 6 rings (SSSR count). The van der Waals surface area contributed by atoms with Crippen LogP contribution in [-0.4, -0.2) is 14.2 Å². The van der Waals surface area contributed by atoms with E-state index in [0.29, 0.717) is 13.2 Å². The molecule has 198 valence electrons. The van der Waals surface area contributed by atoms with Gasteiger partial charge in [0.25, 0.3) is 0 Å². The van der Waals surface area contributed by atoms with Crippen LogP contribution in [0.5, 0.6) is 23.0 Å². The summed E-state index contributed by atoms with van der Waals surface area (Å²) >= 11 is 0. The molecule has 0 saturated heterocycles. The molecule has 0 atom stereocenters. The van der Waals surface area contributed by atoms with Crippen LogP contribution in [0, 0.1) is 0 Å². The Morgan fingerprint density at radius 2 is 0.850 bits per heavy atom. The number of hydrogen-bond donors (Lipinski definition) is 0. The van der Waals surface area contributed by atoms with E-state index in [2.05, 4.69) is 60.7 Å². The maximum atomic E-state index is 6.21. The summed E-state index contributed by atoms with van der Waals surface area (Å²) in [5, 5.41) is 4.20. The zero-order valence-corrected chi connectivity index (χ0v) is 22.6. The van der Waals surface area contributed by atoms with Gasteiger partial charge in [0.15, 0.2) is 0 Å². The van der Waals surface area contributed by atoms with E-state index in [1.54, 1.807) is 14.2 Å². The van der Waals surface area contributed by atoms with E-state index in [1.165, 1.54) is 0 Å². The molecule has 0 spiro atoms. The minimum atomic E-state index is 0.491. The molecule has 0 radical (unpaired) electrons. The molecule has 6 aromatic rings. The zero-order chi connectivity index (χ0) is 27.3. The lowest BCUT2D eigenvalue weighted by Crippen LogP contribution is -1.98. The molecule has 0 amide bonds. The molecular weight excluding hydrogens is 496 g/mol. The van der Waals surface area contributed by atoms with E-state index in [1.807, 2.05) is 60.7 Å². The first kappa shape index (κ1) is 25.3. The van der Waals surface area contributed by atoms with E-state index in [0.717, 1.165) is 66.8 Å². The summed E-state index contributed by atoms with van der Waals surface area (Å²) in [7, 11) is 3.40. The maximum absolute atomic E-state index is 6.21. The first-order chi connectivity index (χ1) is 19.7. The van der Waals surface area contributed by atoms with Gasteiger partial charge in [-0.25, -0.2) is 0 Å². The predicted octanol–water partition coefficient (Wildman–Crippen LogP) is 8.84. The van der Waals surface area contributed by atoms with Crippen molar-refractivity contribution in [3.63, 3.8) is 0 Å². The Bertz CT molecular complexity index is 1630. The molecule has 6 aromatic carbocycles. The largest absolute Gasteiger partial charge is 0.496 e. The summed E-state index contributed by atoms with van der Waals surface area (Å²) in [6.07, 6.45) is 0. The van der Waals surface area contributed by atoms with Gasteiger partial charge in [-0.3, -0.25) is 0 Å². The average Bonchev–Trinajstić information content (AvgIpc) is 3.02. The third-order valence-electron chi connectivity index (χ3n) is 7.10. The molecule has 0 aliphatic rings. The van der Waals surface area contributed by atoms with E-state index in [4.69, 9.17) is 18.9 Å². The smallest absolute Gasteiger partial charge is 0.127 e. The molecule has 40 heavy (non-hydrogen) atoms. The first-order valence-electron chi connectivity index (χ1n) is 13.3. The van der Waals surface area contributed by atoms with Crippen LogP contribution < -0.4 is 18.9 Å². The lowest BCUT2D eigenvalue weighted by atomic mass is 9.92. The second-order valence-electron chi connectivity index (χ2n) is 9.60. The number of fused-ring (bicyclic) bond motifs is 2. The normalized spacial score (nSPS) is 10.9. The van der Waals surface area contributed by atoms with E-state index >= 15 is 0 Å². The molecule has 0 fully saturated rings. The second-order valence-corrected chi connectivity index (χ2v) is 9.60. The number of rotatable bonds is 9. The highest BCUT2D eigenvalue weighted by atomic mass is 16.5. The quantitative estimate of drug-likeness (QED) is 0.189. The molecule has 0 N–H and O–H groups in total. The van der Waals surface area contributed by atoms with Gasteiger partial charge in [0, 0.05) is 11.1 Å². The third-order valence-corrected chi connectivity index (χ3v) is 7.10. The summed E-state index contributed by atoms with van der Waals surface area (Å²) < 4.78 is 24.3. The van der Waals surface area contributed by atoms with Crippen LogP contribution in [0.3, 0.4) is 0 Å². The third kappa shape index (κ3) is 5.16. The number of benzene rings is 6. The van der Waals surface area contributed by atoms with Gasteiger partial charge in [0.1, 0.15) is 36.2 Å². The van der Waals surface area contributed by atoms with Crippen LogP contribution in [-0.2, 0) is 13.2 Å². The van der Waals surface area contributed by atoms with E-state index in [9.17, 15) is 0 Å². The van der Waals surface area contributed by atoms with Crippen LogP contribution in [0.15, 0.2) is 121 Å². The monoisotopic (exact) mass is 526 g/mol. The molecule has 4 heteroatoms. The van der Waals surface area contributed by atoms with Crippen molar-refractivity contribution in [3.8, 4) is 34.1 Å². The standard InChI is InChI=1S/C36H30O4/c1-37-33-19-15-27-13-17-29(39-23-25-9-5-3-6-10-25)21-31(27)35(33)36-32-22-30(40-24-26-11-7-4-8-12-26)18-14-28(32)16-20-34(36)38-2/h3-22H,23-24H2,1-2H3. The maximum Gasteiger partial charge on any atom is 0.127 e. The van der Waals surface area contributed by atoms with Gasteiger partial charge in [-0.05, 0) is 69.1 Å². The fraction of sp³-hybridized carbons (Fsp3) is 0.111. The van der Waals surface area contributed by atoms with Crippen molar-refractivity contribution in [3.05, 3.63) is 132 Å². The first-order valence-corrected chi connectivity index (χ1v) is 13.3. The second kappa shape index (κ2) is 11.4. The predicted molar refractivity (Wildman–Crippen MR) is 162 cm³/mol. The van der Waals surface area contributed by atoms with Crippen molar-refractivity contribution in [2.24, 2.45) is 0 Å². The van der Waals surface area contributed by atoms with Crippen molar-refractivity contribution in [1.82, 2.24) is 0 Å². The van der Waals surface area contributed by atoms with Gasteiger partial charge in [0.2, 0.25) is 0 Å². The lowest BCUT2D eigenvalue weighted by Gasteiger charge is -2.19. The highest BCUT2D eigenvalue weighted by Gasteiger charge is 2.19. The molecule has 0 aliphatic carbocycles. The fourth-order valence-corrected chi connectivity index (χ4v) is 5.07. The average molecular weight is 527 g/mol. The Balaban J connectivity index is 1.47. The Labute approximate surface area is 234 Å². The molecule has 0 bridgehead atoms. The fourth-order valence-electron chi connectivity index (χ4n) is 5.07. The molecule has 0 saturated carbocycles. The highest BCUT2D eigenvalue weighted by Crippen LogP contribution is 2.46. The summed E-state index contributed by atoms with van der Waals surface area (Å²) in [5.41, 5.74) is 4.14. The topological polar surface area (TPSA) is 36.9 Å². The van der Waals surface area contributed by atoms with E-state index in [-0.39, 0.29) is 0 Å². The van der Waals surface area contributed by atoms with Crippen LogP contribution in [0.1, 0.15) is 11.1 Å². The minimum absolute atomic E-state index is 0.491. The Morgan fingerprint density at radius 1 is 0.450 bits per heavy atom. The molecule has 0 unspecified atom stereocenters. The van der Waals surface area contributed by atoms with Gasteiger partial charge in [-0.15, -0.1) is 0 Å². The van der Waals surface area contributed by atoms with Crippen molar-refractivity contribution in [2.75, 3.05) is 14.2 Å². The van der Waals surface area contributed by atoms with Crippen LogP contribution >= 0.6 is 0 Å². The van der Waals surface area contributed by atoms with Crippen LogP contribution in [0.25, 0.3) is 32.7 Å². The van der Waals surface area contributed by atoms with Gasteiger partial charge in [-0.1, -0.05) is 84.9 Å². The number of ether oxygens (including phenoxy) is 4. The highest BCUT2D eigenvalue weighted by molar-refractivity contribution is 6.10. The summed E-state index contributed by atoms with van der Waals surface area (Å²) in [6, 6.07) is 40.9. The lowest BCUT2D eigenvalue weighted by molar-refractivity contribution is 0.306. The van der Waals surface area contributed by atoms with Crippen molar-refractivity contribution < 1.29 is 18.9 Å². The van der Waals surface area contributed by atoms with Gasteiger partial charge >= 0.3 is 0 Å². The Morgan fingerprint density at radius 3 is 1.25 bits per heavy atom. The Hall–Kier alpha value is -4.96. The Kier molecular flexibility index (Phi) is 7.23. The molecule has 0 aliphatic heterocycles. The molecule has 0 heterocycles. The summed E-state index contributed by atoms with van der Waals surface area (Å²) in [4.78, 5) is 0. The molecule has 4 nitrogen and oxygen atoms in total. The number of methoxy groups -OCH3 is 2.